The van der Waals surface area contributed by atoms with Gasteiger partial charge in [0.1, 0.15) is 11.9 Å². The Kier molecular flexibility index (Phi) is 5.90. The van der Waals surface area contributed by atoms with Crippen molar-refractivity contribution in [3.63, 3.8) is 0 Å². The average molecular weight is 520 g/mol. The van der Waals surface area contributed by atoms with Crippen LogP contribution in [-0.2, 0) is 41.6 Å². The molecular formula is C27H24N2O9. The molecule has 0 heterocycles. The number of rotatable bonds is 4. The van der Waals surface area contributed by atoms with Gasteiger partial charge in [0, 0.05) is 23.9 Å². The SMILES string of the molecule is NC(=O)C1C(=O)C[C@@H]2[C@@H](OC(=O)Cc3ccc(N)cc3)[C@@H]3Cc4cccc(O)c4C(=O)C3C(=O)[C@]2(O)C1=O. The van der Waals surface area contributed by atoms with Crippen LogP contribution in [0.4, 0.5) is 5.69 Å². The zero-order valence-electron chi connectivity index (χ0n) is 20.0. The third-order valence-electron chi connectivity index (χ3n) is 7.82. The van der Waals surface area contributed by atoms with Crippen LogP contribution in [0.25, 0.3) is 0 Å². The number of benzene rings is 2. The van der Waals surface area contributed by atoms with Crippen LogP contribution >= 0.6 is 0 Å². The Morgan fingerprint density at radius 2 is 1.68 bits per heavy atom. The third-order valence-corrected chi connectivity index (χ3v) is 7.82. The zero-order valence-corrected chi connectivity index (χ0v) is 20.0. The Balaban J connectivity index is 1.59. The van der Waals surface area contributed by atoms with E-state index in [1.807, 2.05) is 0 Å². The minimum absolute atomic E-state index is 0.0140. The number of phenols is 1. The van der Waals surface area contributed by atoms with Gasteiger partial charge in [0.15, 0.2) is 34.7 Å². The fourth-order valence-electron chi connectivity index (χ4n) is 6.06. The minimum Gasteiger partial charge on any atom is -0.507 e. The van der Waals surface area contributed by atoms with Gasteiger partial charge in [0.25, 0.3) is 0 Å². The third kappa shape index (κ3) is 3.69. The minimum atomic E-state index is -2.97. The lowest BCUT2D eigenvalue weighted by atomic mass is 9.52. The molecule has 3 aliphatic carbocycles. The molecule has 3 aliphatic rings. The number of nitrogens with two attached hydrogens (primary N) is 2. The van der Waals surface area contributed by atoms with Crippen molar-refractivity contribution < 1.29 is 43.7 Å². The fraction of sp³-hybridized carbons (Fsp3) is 0.333. The van der Waals surface area contributed by atoms with Crippen LogP contribution in [0.15, 0.2) is 42.5 Å². The molecule has 0 bridgehead atoms. The van der Waals surface area contributed by atoms with Crippen molar-refractivity contribution >= 4 is 40.7 Å². The summed E-state index contributed by atoms with van der Waals surface area (Å²) in [7, 11) is 0. The Bertz CT molecular complexity index is 1420. The molecule has 2 saturated carbocycles. The van der Waals surface area contributed by atoms with Crippen molar-refractivity contribution in [2.75, 3.05) is 5.73 Å². The van der Waals surface area contributed by atoms with E-state index in [4.69, 9.17) is 16.2 Å². The van der Waals surface area contributed by atoms with Gasteiger partial charge in [-0.05, 0) is 35.7 Å². The molecule has 0 saturated heterocycles. The molecule has 6 atom stereocenters. The van der Waals surface area contributed by atoms with Gasteiger partial charge in [-0.25, -0.2) is 0 Å². The Morgan fingerprint density at radius 1 is 1.00 bits per heavy atom. The summed E-state index contributed by atoms with van der Waals surface area (Å²) in [5.74, 6) is -13.2. The van der Waals surface area contributed by atoms with Gasteiger partial charge in [0.2, 0.25) is 5.91 Å². The first-order chi connectivity index (χ1) is 17.9. The monoisotopic (exact) mass is 520 g/mol. The number of carbonyl (C=O) groups excluding carboxylic acids is 6. The molecular weight excluding hydrogens is 496 g/mol. The Morgan fingerprint density at radius 3 is 2.34 bits per heavy atom. The molecule has 11 heteroatoms. The second-order valence-corrected chi connectivity index (χ2v) is 10.0. The smallest absolute Gasteiger partial charge is 0.310 e. The summed E-state index contributed by atoms with van der Waals surface area (Å²) in [5, 5.41) is 21.9. The quantitative estimate of drug-likeness (QED) is 0.235. The summed E-state index contributed by atoms with van der Waals surface area (Å²) in [5.41, 5.74) is 9.21. The van der Waals surface area contributed by atoms with Crippen LogP contribution in [0.3, 0.4) is 0 Å². The molecule has 2 aromatic carbocycles. The van der Waals surface area contributed by atoms with Crippen molar-refractivity contribution in [1.82, 2.24) is 0 Å². The number of primary amides is 1. The van der Waals surface area contributed by atoms with Crippen LogP contribution in [0, 0.1) is 23.7 Å². The number of amides is 1. The lowest BCUT2D eigenvalue weighted by Crippen LogP contribution is -2.72. The molecule has 196 valence electrons. The van der Waals surface area contributed by atoms with Crippen LogP contribution in [-0.4, -0.2) is 56.9 Å². The van der Waals surface area contributed by atoms with Gasteiger partial charge in [-0.15, -0.1) is 0 Å². The first kappa shape index (κ1) is 25.3. The summed E-state index contributed by atoms with van der Waals surface area (Å²) < 4.78 is 5.75. The van der Waals surface area contributed by atoms with E-state index in [9.17, 15) is 39.0 Å². The van der Waals surface area contributed by atoms with Crippen LogP contribution in [0.5, 0.6) is 5.75 Å². The molecule has 6 N–H and O–H groups in total. The Hall–Kier alpha value is -4.38. The fourth-order valence-corrected chi connectivity index (χ4v) is 6.06. The molecule has 0 radical (unpaired) electrons. The van der Waals surface area contributed by atoms with E-state index in [2.05, 4.69) is 0 Å². The molecule has 0 aromatic heterocycles. The van der Waals surface area contributed by atoms with Crippen molar-refractivity contribution in [1.29, 1.82) is 0 Å². The van der Waals surface area contributed by atoms with E-state index in [0.29, 0.717) is 16.8 Å². The van der Waals surface area contributed by atoms with E-state index < -0.39 is 76.8 Å². The summed E-state index contributed by atoms with van der Waals surface area (Å²) in [6.45, 7) is 0. The van der Waals surface area contributed by atoms with Gasteiger partial charge < -0.3 is 26.4 Å². The van der Waals surface area contributed by atoms with Crippen molar-refractivity contribution in [3.8, 4) is 5.75 Å². The largest absolute Gasteiger partial charge is 0.507 e. The number of nitrogen functional groups attached to an aromatic ring is 1. The molecule has 0 spiro atoms. The highest BCUT2D eigenvalue weighted by atomic mass is 16.5. The maximum absolute atomic E-state index is 13.7. The predicted octanol–water partition coefficient (Wildman–Crippen LogP) is -0.326. The number of hydrogen-bond donors (Lipinski definition) is 4. The second-order valence-electron chi connectivity index (χ2n) is 10.0. The molecule has 38 heavy (non-hydrogen) atoms. The predicted molar refractivity (Wildman–Crippen MR) is 128 cm³/mol. The molecule has 2 fully saturated rings. The van der Waals surface area contributed by atoms with E-state index in [0.717, 1.165) is 0 Å². The second kappa shape index (κ2) is 8.88. The lowest BCUT2D eigenvalue weighted by Gasteiger charge is -2.52. The molecule has 2 unspecified atom stereocenters. The van der Waals surface area contributed by atoms with Crippen LogP contribution in [0.2, 0.25) is 0 Å². The van der Waals surface area contributed by atoms with Gasteiger partial charge in [0.05, 0.1) is 17.9 Å². The number of phenolic OH excluding ortho intramolecular Hbond substituents is 1. The number of esters is 1. The van der Waals surface area contributed by atoms with Crippen molar-refractivity contribution in [2.45, 2.75) is 31.0 Å². The van der Waals surface area contributed by atoms with E-state index in [1.54, 1.807) is 30.3 Å². The summed E-state index contributed by atoms with van der Waals surface area (Å²) in [6, 6.07) is 10.7. The van der Waals surface area contributed by atoms with Gasteiger partial charge >= 0.3 is 5.97 Å². The maximum atomic E-state index is 13.7. The topological polar surface area (TPSA) is 204 Å². The molecule has 5 rings (SSSR count). The number of fused-ring (bicyclic) bond motifs is 3. The highest BCUT2D eigenvalue weighted by Gasteiger charge is 2.70. The number of ether oxygens (including phenoxy) is 1. The summed E-state index contributed by atoms with van der Waals surface area (Å²) in [6.07, 6.45) is -2.30. The van der Waals surface area contributed by atoms with Crippen LogP contribution < -0.4 is 11.5 Å². The number of ketones is 4. The number of aromatic hydroxyl groups is 1. The van der Waals surface area contributed by atoms with Gasteiger partial charge in [-0.3, -0.25) is 28.8 Å². The van der Waals surface area contributed by atoms with E-state index in [-0.39, 0.29) is 24.2 Å². The highest BCUT2D eigenvalue weighted by Crippen LogP contribution is 2.51. The number of anilines is 1. The first-order valence-corrected chi connectivity index (χ1v) is 12.0. The number of hydrogen-bond acceptors (Lipinski definition) is 10. The molecule has 1 amide bonds. The van der Waals surface area contributed by atoms with E-state index >= 15 is 0 Å². The van der Waals surface area contributed by atoms with Gasteiger partial charge in [-0.1, -0.05) is 24.3 Å². The van der Waals surface area contributed by atoms with Gasteiger partial charge in [-0.2, -0.15) is 0 Å². The maximum Gasteiger partial charge on any atom is 0.310 e. The molecule has 0 aliphatic heterocycles. The van der Waals surface area contributed by atoms with Crippen molar-refractivity contribution in [2.24, 2.45) is 29.4 Å². The van der Waals surface area contributed by atoms with Crippen molar-refractivity contribution in [3.05, 3.63) is 59.2 Å². The average Bonchev–Trinajstić information content (AvgIpc) is 2.85. The molecule has 11 nitrogen and oxygen atoms in total. The normalized spacial score (nSPS) is 30.2. The number of aliphatic hydroxyl groups is 1. The molecule has 2 aromatic rings. The Labute approximate surface area is 215 Å². The number of carbonyl (C=O) groups is 6. The van der Waals surface area contributed by atoms with Crippen LogP contribution in [0.1, 0.15) is 27.9 Å². The number of Topliss-reactive ketones (excluding diaryl/α,β-unsaturated/α-hetero) is 4. The summed E-state index contributed by atoms with van der Waals surface area (Å²) in [4.78, 5) is 78.2. The standard InChI is InChI=1S/C27H24N2O9/c28-13-6-4-11(5-7-13)8-18(32)38-23-14-9-12-2-1-3-16(30)19(12)22(33)20(14)24(34)27(37)15(23)10-17(31)21(25(27)35)26(29)36/h1-7,14-15,20-21,23,30,37H,8-10,28H2,(H2,29,36)/t14-,15-,20?,21?,23+,27+/m1/s1. The van der Waals surface area contributed by atoms with E-state index in [1.165, 1.54) is 12.1 Å². The zero-order chi connectivity index (χ0) is 27.5. The lowest BCUT2D eigenvalue weighted by molar-refractivity contribution is -0.197. The summed E-state index contributed by atoms with van der Waals surface area (Å²) >= 11 is 0. The first-order valence-electron chi connectivity index (χ1n) is 12.0. The highest BCUT2D eigenvalue weighted by molar-refractivity contribution is 6.31.